The Morgan fingerprint density at radius 3 is 2.66 bits per heavy atom. The lowest BCUT2D eigenvalue weighted by molar-refractivity contribution is 0.0514. The first-order chi connectivity index (χ1) is 14.2. The van der Waals surface area contributed by atoms with Crippen molar-refractivity contribution < 1.29 is 9.47 Å². The van der Waals surface area contributed by atoms with Crippen LogP contribution in [0.25, 0.3) is 0 Å². The third kappa shape index (κ3) is 5.64. The van der Waals surface area contributed by atoms with Crippen molar-refractivity contribution >= 4 is 17.6 Å². The number of guanidine groups is 1. The molecule has 29 heavy (non-hydrogen) atoms. The zero-order valence-electron chi connectivity index (χ0n) is 17.2. The molecule has 0 bridgehead atoms. The van der Waals surface area contributed by atoms with Crippen LogP contribution in [0, 0.1) is 0 Å². The van der Waals surface area contributed by atoms with E-state index in [1.165, 1.54) is 5.56 Å². The van der Waals surface area contributed by atoms with E-state index in [9.17, 15) is 0 Å². The number of ether oxygens (including phenoxy) is 2. The number of nitrogens with one attached hydrogen (secondary N) is 2. The van der Waals surface area contributed by atoms with Crippen LogP contribution in [0.1, 0.15) is 30.9 Å². The lowest BCUT2D eigenvalue weighted by Crippen LogP contribution is -2.48. The SMILES string of the molecule is CCNC(=NCc1cccc(OC)c1)NCC1(c2ccccc2Cl)CCOCC1. The van der Waals surface area contributed by atoms with Gasteiger partial charge >= 0.3 is 0 Å². The number of benzene rings is 2. The molecule has 2 N–H and O–H groups in total. The molecule has 0 spiro atoms. The quantitative estimate of drug-likeness (QED) is 0.526. The average molecular weight is 416 g/mol. The highest BCUT2D eigenvalue weighted by atomic mass is 35.5. The maximum Gasteiger partial charge on any atom is 0.191 e. The van der Waals surface area contributed by atoms with Crippen molar-refractivity contribution in [3.8, 4) is 5.75 Å². The number of aliphatic imine (C=N–C) groups is 1. The molecule has 0 radical (unpaired) electrons. The molecule has 0 aliphatic carbocycles. The van der Waals surface area contributed by atoms with Crippen LogP contribution >= 0.6 is 11.6 Å². The summed E-state index contributed by atoms with van der Waals surface area (Å²) in [6, 6.07) is 16.1. The Morgan fingerprint density at radius 1 is 1.14 bits per heavy atom. The van der Waals surface area contributed by atoms with Crippen LogP contribution in [0.4, 0.5) is 0 Å². The molecule has 2 aromatic rings. The first kappa shape index (κ1) is 21.5. The summed E-state index contributed by atoms with van der Waals surface area (Å²) in [7, 11) is 1.68. The van der Waals surface area contributed by atoms with Crippen LogP contribution in [0.3, 0.4) is 0 Å². The molecule has 2 aromatic carbocycles. The van der Waals surface area contributed by atoms with Crippen LogP contribution in [0.2, 0.25) is 5.02 Å². The molecule has 1 saturated heterocycles. The summed E-state index contributed by atoms with van der Waals surface area (Å²) < 4.78 is 10.9. The minimum absolute atomic E-state index is 0.0667. The van der Waals surface area contributed by atoms with Gasteiger partial charge in [0.1, 0.15) is 5.75 Å². The molecule has 0 saturated carbocycles. The van der Waals surface area contributed by atoms with Crippen LogP contribution < -0.4 is 15.4 Å². The summed E-state index contributed by atoms with van der Waals surface area (Å²) in [5, 5.41) is 7.71. The summed E-state index contributed by atoms with van der Waals surface area (Å²) in [4.78, 5) is 4.77. The van der Waals surface area contributed by atoms with Crippen molar-refractivity contribution in [1.82, 2.24) is 10.6 Å². The van der Waals surface area contributed by atoms with E-state index in [-0.39, 0.29) is 5.41 Å². The van der Waals surface area contributed by atoms with Crippen molar-refractivity contribution in [3.05, 3.63) is 64.7 Å². The van der Waals surface area contributed by atoms with E-state index in [1.54, 1.807) is 7.11 Å². The summed E-state index contributed by atoms with van der Waals surface area (Å²) >= 11 is 6.57. The largest absolute Gasteiger partial charge is 0.497 e. The number of methoxy groups -OCH3 is 1. The third-order valence-electron chi connectivity index (χ3n) is 5.39. The van der Waals surface area contributed by atoms with Crippen molar-refractivity contribution in [2.24, 2.45) is 4.99 Å². The highest BCUT2D eigenvalue weighted by molar-refractivity contribution is 6.31. The Kier molecular flexibility index (Phi) is 7.78. The first-order valence-electron chi connectivity index (χ1n) is 10.1. The topological polar surface area (TPSA) is 54.9 Å². The molecule has 1 aliphatic rings. The second-order valence-electron chi connectivity index (χ2n) is 7.27. The molecular formula is C23H30ClN3O2. The molecule has 1 fully saturated rings. The van der Waals surface area contributed by atoms with Gasteiger partial charge in [0.25, 0.3) is 0 Å². The molecule has 0 atom stereocenters. The molecule has 1 aliphatic heterocycles. The van der Waals surface area contributed by atoms with Crippen LogP contribution in [-0.4, -0.2) is 39.4 Å². The molecule has 0 unspecified atom stereocenters. The summed E-state index contributed by atoms with van der Waals surface area (Å²) in [5.41, 5.74) is 2.22. The molecule has 6 heteroatoms. The Labute approximate surface area is 178 Å². The monoisotopic (exact) mass is 415 g/mol. The third-order valence-corrected chi connectivity index (χ3v) is 5.72. The van der Waals surface area contributed by atoms with Crippen molar-refractivity contribution in [3.63, 3.8) is 0 Å². The zero-order chi connectivity index (χ0) is 20.5. The molecule has 0 amide bonds. The van der Waals surface area contributed by atoms with E-state index in [2.05, 4.69) is 35.8 Å². The van der Waals surface area contributed by atoms with Gasteiger partial charge in [0.15, 0.2) is 5.96 Å². The Hall–Kier alpha value is -2.24. The molecule has 3 rings (SSSR count). The zero-order valence-corrected chi connectivity index (χ0v) is 18.0. The van der Waals surface area contributed by atoms with Crippen molar-refractivity contribution in [2.45, 2.75) is 31.7 Å². The van der Waals surface area contributed by atoms with Gasteiger partial charge in [0, 0.05) is 36.7 Å². The lowest BCUT2D eigenvalue weighted by Gasteiger charge is -2.38. The van der Waals surface area contributed by atoms with E-state index in [0.717, 1.165) is 61.4 Å². The van der Waals surface area contributed by atoms with Crippen LogP contribution in [-0.2, 0) is 16.7 Å². The molecule has 156 valence electrons. The molecular weight excluding hydrogens is 386 g/mol. The lowest BCUT2D eigenvalue weighted by atomic mass is 9.74. The summed E-state index contributed by atoms with van der Waals surface area (Å²) in [6.45, 7) is 5.68. The van der Waals surface area contributed by atoms with E-state index in [4.69, 9.17) is 26.1 Å². The molecule has 5 nitrogen and oxygen atoms in total. The maximum absolute atomic E-state index is 6.57. The van der Waals surface area contributed by atoms with Gasteiger partial charge in [0.2, 0.25) is 0 Å². The highest BCUT2D eigenvalue weighted by Gasteiger charge is 2.36. The average Bonchev–Trinajstić information content (AvgIpc) is 2.77. The van der Waals surface area contributed by atoms with Crippen LogP contribution in [0.5, 0.6) is 5.75 Å². The van der Waals surface area contributed by atoms with Gasteiger partial charge in [-0.25, -0.2) is 4.99 Å². The van der Waals surface area contributed by atoms with E-state index in [0.29, 0.717) is 6.54 Å². The van der Waals surface area contributed by atoms with Gasteiger partial charge in [-0.05, 0) is 49.1 Å². The summed E-state index contributed by atoms with van der Waals surface area (Å²) in [5.74, 6) is 1.64. The highest BCUT2D eigenvalue weighted by Crippen LogP contribution is 2.38. The summed E-state index contributed by atoms with van der Waals surface area (Å²) in [6.07, 6.45) is 1.86. The van der Waals surface area contributed by atoms with Gasteiger partial charge in [-0.2, -0.15) is 0 Å². The maximum atomic E-state index is 6.57. The number of hydrogen-bond acceptors (Lipinski definition) is 3. The van der Waals surface area contributed by atoms with E-state index in [1.807, 2.05) is 30.3 Å². The van der Waals surface area contributed by atoms with Gasteiger partial charge in [-0.15, -0.1) is 0 Å². The van der Waals surface area contributed by atoms with Gasteiger partial charge < -0.3 is 20.1 Å². The Balaban J connectivity index is 1.75. The predicted octanol–water partition coefficient (Wildman–Crippen LogP) is 4.15. The number of rotatable bonds is 7. The number of hydrogen-bond donors (Lipinski definition) is 2. The normalized spacial score (nSPS) is 16.3. The van der Waals surface area contributed by atoms with Gasteiger partial charge in [0.05, 0.1) is 13.7 Å². The second kappa shape index (κ2) is 10.5. The fourth-order valence-corrected chi connectivity index (χ4v) is 4.07. The first-order valence-corrected chi connectivity index (χ1v) is 10.5. The molecule has 0 aromatic heterocycles. The van der Waals surface area contributed by atoms with Crippen molar-refractivity contribution in [1.29, 1.82) is 0 Å². The fourth-order valence-electron chi connectivity index (χ4n) is 3.73. The predicted molar refractivity (Wildman–Crippen MR) is 119 cm³/mol. The Morgan fingerprint density at radius 2 is 1.93 bits per heavy atom. The second-order valence-corrected chi connectivity index (χ2v) is 7.68. The number of nitrogens with zero attached hydrogens (tertiary/aromatic N) is 1. The minimum atomic E-state index is -0.0667. The Bertz CT molecular complexity index is 819. The van der Waals surface area contributed by atoms with E-state index >= 15 is 0 Å². The van der Waals surface area contributed by atoms with E-state index < -0.39 is 0 Å². The van der Waals surface area contributed by atoms with Gasteiger partial charge in [-0.1, -0.05) is 41.9 Å². The number of halogens is 1. The standard InChI is InChI=1S/C23H30ClN3O2/c1-3-25-22(26-16-18-7-6-8-19(15-18)28-2)27-17-23(11-13-29-14-12-23)20-9-4-5-10-21(20)24/h4-10,15H,3,11-14,16-17H2,1-2H3,(H2,25,26,27). The van der Waals surface area contributed by atoms with Gasteiger partial charge in [-0.3, -0.25) is 0 Å². The van der Waals surface area contributed by atoms with Crippen molar-refractivity contribution in [2.75, 3.05) is 33.4 Å². The van der Waals surface area contributed by atoms with Crippen LogP contribution in [0.15, 0.2) is 53.5 Å². The minimum Gasteiger partial charge on any atom is -0.497 e. The smallest absolute Gasteiger partial charge is 0.191 e. The molecule has 1 heterocycles. The fraction of sp³-hybridized carbons (Fsp3) is 0.435.